The number of sulfone groups is 1. The standard InChI is InChI=1S/C21H19N3O2S2.ClH/c25-28(26,19-7-3-5-15-4-1-2-6-16(15)19)20-14-17-18(8-9-23-21(17)27-20)24-12-10-22-11-13-24;/h1-9,14,22H,10-13H2;1H. The van der Waals surface area contributed by atoms with Gasteiger partial charge in [-0.25, -0.2) is 13.4 Å². The van der Waals surface area contributed by atoms with E-state index in [1.807, 2.05) is 36.4 Å². The Balaban J connectivity index is 0.00000205. The van der Waals surface area contributed by atoms with Crippen LogP contribution in [0.3, 0.4) is 0 Å². The Morgan fingerprint density at radius 3 is 2.55 bits per heavy atom. The van der Waals surface area contributed by atoms with Crippen molar-refractivity contribution in [2.24, 2.45) is 0 Å². The molecule has 0 aliphatic carbocycles. The van der Waals surface area contributed by atoms with Crippen LogP contribution in [0.5, 0.6) is 0 Å². The van der Waals surface area contributed by atoms with Crippen molar-refractivity contribution >= 4 is 60.3 Å². The summed E-state index contributed by atoms with van der Waals surface area (Å²) in [7, 11) is -3.63. The molecule has 2 aromatic carbocycles. The Morgan fingerprint density at radius 1 is 0.966 bits per heavy atom. The van der Waals surface area contributed by atoms with E-state index in [9.17, 15) is 8.42 Å². The van der Waals surface area contributed by atoms with Crippen molar-refractivity contribution in [3.05, 3.63) is 60.8 Å². The van der Waals surface area contributed by atoms with Gasteiger partial charge >= 0.3 is 0 Å². The van der Waals surface area contributed by atoms with Gasteiger partial charge in [0.2, 0.25) is 9.84 Å². The quantitative estimate of drug-likeness (QED) is 0.514. The maximum absolute atomic E-state index is 13.5. The summed E-state index contributed by atoms with van der Waals surface area (Å²) >= 11 is 1.24. The molecule has 2 aromatic heterocycles. The predicted molar refractivity (Wildman–Crippen MR) is 121 cm³/mol. The number of piperazine rings is 1. The van der Waals surface area contributed by atoms with Gasteiger partial charge in [-0.1, -0.05) is 36.4 Å². The molecule has 0 radical (unpaired) electrons. The number of rotatable bonds is 3. The second kappa shape index (κ2) is 7.91. The van der Waals surface area contributed by atoms with E-state index in [4.69, 9.17) is 0 Å². The number of benzene rings is 2. The molecular formula is C21H20ClN3O2S2. The number of hydrogen-bond acceptors (Lipinski definition) is 6. The number of hydrogen-bond donors (Lipinski definition) is 1. The van der Waals surface area contributed by atoms with Crippen LogP contribution in [-0.2, 0) is 9.84 Å². The summed E-state index contributed by atoms with van der Waals surface area (Å²) in [5.74, 6) is 0. The molecule has 1 fully saturated rings. The van der Waals surface area contributed by atoms with Crippen LogP contribution in [0.4, 0.5) is 5.69 Å². The highest BCUT2D eigenvalue weighted by molar-refractivity contribution is 7.93. The largest absolute Gasteiger partial charge is 0.368 e. The molecule has 29 heavy (non-hydrogen) atoms. The highest BCUT2D eigenvalue weighted by Crippen LogP contribution is 2.38. The maximum Gasteiger partial charge on any atom is 0.216 e. The van der Waals surface area contributed by atoms with Crippen LogP contribution in [0, 0.1) is 0 Å². The van der Waals surface area contributed by atoms with Crippen molar-refractivity contribution in [2.75, 3.05) is 31.1 Å². The predicted octanol–water partition coefficient (Wildman–Crippen LogP) is 4.11. The summed E-state index contributed by atoms with van der Waals surface area (Å²) in [6.07, 6.45) is 1.77. The van der Waals surface area contributed by atoms with Crippen LogP contribution in [0.25, 0.3) is 21.0 Å². The number of fused-ring (bicyclic) bond motifs is 2. The van der Waals surface area contributed by atoms with Crippen molar-refractivity contribution < 1.29 is 8.42 Å². The van der Waals surface area contributed by atoms with Gasteiger partial charge in [0.15, 0.2) is 0 Å². The van der Waals surface area contributed by atoms with E-state index in [0.717, 1.165) is 52.9 Å². The van der Waals surface area contributed by atoms with Crippen LogP contribution in [0.15, 0.2) is 69.9 Å². The monoisotopic (exact) mass is 445 g/mol. The number of nitrogens with zero attached hydrogens (tertiary/aromatic N) is 2. The van der Waals surface area contributed by atoms with Gasteiger partial charge in [0.25, 0.3) is 0 Å². The minimum absolute atomic E-state index is 0. The zero-order valence-corrected chi connectivity index (χ0v) is 18.0. The van der Waals surface area contributed by atoms with Gasteiger partial charge in [0.05, 0.1) is 4.90 Å². The lowest BCUT2D eigenvalue weighted by Gasteiger charge is -2.29. The Hall–Kier alpha value is -2.19. The Kier molecular flexibility index (Phi) is 5.48. The molecule has 1 aliphatic heterocycles. The van der Waals surface area contributed by atoms with Gasteiger partial charge < -0.3 is 10.2 Å². The molecule has 0 spiro atoms. The van der Waals surface area contributed by atoms with Crippen LogP contribution in [0.2, 0.25) is 0 Å². The molecule has 0 unspecified atom stereocenters. The first-order chi connectivity index (χ1) is 13.6. The number of pyridine rings is 1. The first-order valence-corrected chi connectivity index (χ1v) is 11.5. The zero-order chi connectivity index (χ0) is 19.1. The molecule has 1 saturated heterocycles. The molecular weight excluding hydrogens is 426 g/mol. The van der Waals surface area contributed by atoms with Crippen molar-refractivity contribution in [1.82, 2.24) is 10.3 Å². The molecule has 1 N–H and O–H groups in total. The van der Waals surface area contributed by atoms with Gasteiger partial charge in [0, 0.05) is 48.8 Å². The lowest BCUT2D eigenvalue weighted by Crippen LogP contribution is -2.43. The molecule has 5 rings (SSSR count). The van der Waals surface area contributed by atoms with E-state index in [1.165, 1.54) is 11.3 Å². The smallest absolute Gasteiger partial charge is 0.216 e. The molecule has 4 aromatic rings. The van der Waals surface area contributed by atoms with Crippen molar-refractivity contribution in [3.8, 4) is 0 Å². The summed E-state index contributed by atoms with van der Waals surface area (Å²) in [5, 5.41) is 5.93. The first-order valence-electron chi connectivity index (χ1n) is 9.22. The minimum Gasteiger partial charge on any atom is -0.368 e. The van der Waals surface area contributed by atoms with Crippen molar-refractivity contribution in [3.63, 3.8) is 0 Å². The van der Waals surface area contributed by atoms with E-state index < -0.39 is 9.84 Å². The van der Waals surface area contributed by atoms with Crippen LogP contribution >= 0.6 is 23.7 Å². The average Bonchev–Trinajstić information content (AvgIpc) is 3.19. The molecule has 5 nitrogen and oxygen atoms in total. The number of halogens is 1. The van der Waals surface area contributed by atoms with Gasteiger partial charge in [-0.15, -0.1) is 23.7 Å². The SMILES string of the molecule is Cl.O=S(=O)(c1cc2c(N3CCNCC3)ccnc2s1)c1cccc2ccccc12. The third kappa shape index (κ3) is 3.48. The molecule has 0 atom stereocenters. The lowest BCUT2D eigenvalue weighted by atomic mass is 10.1. The zero-order valence-electron chi connectivity index (χ0n) is 15.5. The summed E-state index contributed by atoms with van der Waals surface area (Å²) < 4.78 is 27.3. The van der Waals surface area contributed by atoms with Gasteiger partial charge in [0.1, 0.15) is 9.04 Å². The van der Waals surface area contributed by atoms with Crippen LogP contribution < -0.4 is 10.2 Å². The van der Waals surface area contributed by atoms with E-state index in [2.05, 4.69) is 15.2 Å². The molecule has 0 bridgehead atoms. The van der Waals surface area contributed by atoms with Crippen molar-refractivity contribution in [2.45, 2.75) is 9.10 Å². The van der Waals surface area contributed by atoms with E-state index in [1.54, 1.807) is 24.4 Å². The Morgan fingerprint density at radius 2 is 1.72 bits per heavy atom. The minimum atomic E-state index is -3.63. The fraction of sp³-hybridized carbons (Fsp3) is 0.190. The van der Waals surface area contributed by atoms with Crippen LogP contribution in [0.1, 0.15) is 0 Å². The highest BCUT2D eigenvalue weighted by atomic mass is 35.5. The second-order valence-electron chi connectivity index (χ2n) is 6.83. The molecule has 0 amide bonds. The second-order valence-corrected chi connectivity index (χ2v) is 10.0. The summed E-state index contributed by atoms with van der Waals surface area (Å²) in [6, 6.07) is 16.8. The average molecular weight is 446 g/mol. The van der Waals surface area contributed by atoms with Crippen LogP contribution in [-0.4, -0.2) is 39.6 Å². The molecule has 3 heterocycles. The fourth-order valence-electron chi connectivity index (χ4n) is 3.76. The van der Waals surface area contributed by atoms with Gasteiger partial charge in [-0.2, -0.15) is 0 Å². The third-order valence-electron chi connectivity index (χ3n) is 5.15. The topological polar surface area (TPSA) is 62.3 Å². The lowest BCUT2D eigenvalue weighted by molar-refractivity contribution is 0.590. The Bertz CT molecular complexity index is 1280. The molecule has 0 saturated carbocycles. The molecule has 150 valence electrons. The van der Waals surface area contributed by atoms with E-state index >= 15 is 0 Å². The van der Waals surface area contributed by atoms with E-state index in [-0.39, 0.29) is 12.4 Å². The first kappa shape index (κ1) is 20.1. The summed E-state index contributed by atoms with van der Waals surface area (Å²) in [5.41, 5.74) is 1.06. The highest BCUT2D eigenvalue weighted by Gasteiger charge is 2.24. The number of aromatic nitrogens is 1. The number of thiophene rings is 1. The third-order valence-corrected chi connectivity index (χ3v) is 8.48. The maximum atomic E-state index is 13.5. The van der Waals surface area contributed by atoms with Gasteiger partial charge in [-0.05, 0) is 23.6 Å². The fourth-order valence-corrected chi connectivity index (χ4v) is 6.68. The molecule has 1 aliphatic rings. The van der Waals surface area contributed by atoms with Gasteiger partial charge in [-0.3, -0.25) is 0 Å². The van der Waals surface area contributed by atoms with E-state index in [0.29, 0.717) is 9.10 Å². The Labute approximate surface area is 179 Å². The number of nitrogens with one attached hydrogen (secondary N) is 1. The summed E-state index contributed by atoms with van der Waals surface area (Å²) in [6.45, 7) is 3.66. The normalized spacial score (nSPS) is 14.8. The van der Waals surface area contributed by atoms with Crippen molar-refractivity contribution in [1.29, 1.82) is 0 Å². The summed E-state index contributed by atoms with van der Waals surface area (Å²) in [4.78, 5) is 7.84. The molecule has 8 heteroatoms. The number of anilines is 1.